The van der Waals surface area contributed by atoms with Gasteiger partial charge in [0.2, 0.25) is 11.0 Å². The Hall–Kier alpha value is -4.47. The molecule has 2 aromatic heterocycles. The van der Waals surface area contributed by atoms with Crippen LogP contribution in [0, 0.1) is 20.2 Å². The zero-order valence-corrected chi connectivity index (χ0v) is 17.0. The van der Waals surface area contributed by atoms with E-state index in [2.05, 4.69) is 30.9 Å². The molecule has 16 heteroatoms. The van der Waals surface area contributed by atoms with E-state index < -0.39 is 21.2 Å². The Balaban J connectivity index is 1.56. The number of methoxy groups -OCH3 is 1. The molecule has 0 saturated carbocycles. The summed E-state index contributed by atoms with van der Waals surface area (Å²) in [6.07, 6.45) is 0. The van der Waals surface area contributed by atoms with Crippen LogP contribution in [0.2, 0.25) is 0 Å². The van der Waals surface area contributed by atoms with Crippen LogP contribution >= 0.6 is 11.8 Å². The Labute approximate surface area is 182 Å². The molecule has 0 saturated heterocycles. The third-order valence-electron chi connectivity index (χ3n) is 4.10. The van der Waals surface area contributed by atoms with Gasteiger partial charge < -0.3 is 4.74 Å². The molecule has 15 nitrogen and oxygen atoms in total. The standard InChI is InChI=1S/C16H12N10O5S/c1-31-14-5-3-2-4-13(14)24-16(18-20-22-24)32-9-23-19-15(17-21-23)10-6-11(25(27)28)8-12(7-10)26(29)30/h2-8H,9H2,1H3. The molecule has 2 heterocycles. The minimum Gasteiger partial charge on any atom is -0.494 e. The van der Waals surface area contributed by atoms with Crippen molar-refractivity contribution in [2.75, 3.05) is 7.11 Å². The molecule has 4 rings (SSSR count). The summed E-state index contributed by atoms with van der Waals surface area (Å²) in [5.41, 5.74) is -0.161. The lowest BCUT2D eigenvalue weighted by molar-refractivity contribution is -0.394. The molecule has 0 unspecified atom stereocenters. The monoisotopic (exact) mass is 456 g/mol. The summed E-state index contributed by atoms with van der Waals surface area (Å²) in [4.78, 5) is 21.9. The summed E-state index contributed by atoms with van der Waals surface area (Å²) in [6, 6.07) is 10.3. The Morgan fingerprint density at radius 1 is 1.03 bits per heavy atom. The molecular formula is C16H12N10O5S. The minimum atomic E-state index is -0.728. The van der Waals surface area contributed by atoms with Crippen molar-refractivity contribution in [3.8, 4) is 22.8 Å². The van der Waals surface area contributed by atoms with E-state index in [1.54, 1.807) is 12.1 Å². The van der Waals surface area contributed by atoms with Crippen LogP contribution < -0.4 is 4.74 Å². The molecule has 0 bridgehead atoms. The highest BCUT2D eigenvalue weighted by molar-refractivity contribution is 7.98. The van der Waals surface area contributed by atoms with Crippen molar-refractivity contribution in [3.05, 3.63) is 62.7 Å². The van der Waals surface area contributed by atoms with E-state index >= 15 is 0 Å². The number of hydrogen-bond acceptors (Lipinski definition) is 12. The van der Waals surface area contributed by atoms with Crippen molar-refractivity contribution in [1.29, 1.82) is 0 Å². The molecule has 0 radical (unpaired) electrons. The molecule has 0 spiro atoms. The number of tetrazole rings is 2. The Bertz CT molecular complexity index is 1270. The third kappa shape index (κ3) is 4.19. The fourth-order valence-corrected chi connectivity index (χ4v) is 3.38. The zero-order chi connectivity index (χ0) is 22.7. The van der Waals surface area contributed by atoms with Gasteiger partial charge in [0.1, 0.15) is 17.3 Å². The average Bonchev–Trinajstić information content (AvgIpc) is 3.46. The van der Waals surface area contributed by atoms with Crippen molar-refractivity contribution in [1.82, 2.24) is 40.4 Å². The van der Waals surface area contributed by atoms with E-state index in [1.165, 1.54) is 28.3 Å². The maximum atomic E-state index is 11.1. The summed E-state index contributed by atoms with van der Waals surface area (Å²) >= 11 is 1.20. The second-order valence-corrected chi connectivity index (χ2v) is 6.97. The lowest BCUT2D eigenvalue weighted by atomic mass is 10.1. The predicted molar refractivity (Wildman–Crippen MR) is 108 cm³/mol. The molecule has 0 N–H and O–H groups in total. The molecule has 0 aliphatic heterocycles. The van der Waals surface area contributed by atoms with Crippen LogP contribution in [0.4, 0.5) is 11.4 Å². The quantitative estimate of drug-likeness (QED) is 0.213. The van der Waals surface area contributed by atoms with Gasteiger partial charge in [-0.25, -0.2) is 0 Å². The lowest BCUT2D eigenvalue weighted by Gasteiger charge is -2.08. The van der Waals surface area contributed by atoms with Crippen LogP contribution in [0.5, 0.6) is 5.75 Å². The van der Waals surface area contributed by atoms with Gasteiger partial charge in [-0.2, -0.15) is 9.48 Å². The van der Waals surface area contributed by atoms with Crippen molar-refractivity contribution >= 4 is 23.1 Å². The number of para-hydroxylation sites is 2. The zero-order valence-electron chi connectivity index (χ0n) is 16.2. The molecule has 0 amide bonds. The highest BCUT2D eigenvalue weighted by Gasteiger charge is 2.20. The van der Waals surface area contributed by atoms with Crippen molar-refractivity contribution in [3.63, 3.8) is 0 Å². The number of aromatic nitrogens is 8. The molecule has 0 atom stereocenters. The van der Waals surface area contributed by atoms with Gasteiger partial charge in [0.15, 0.2) is 0 Å². The Kier molecular flexibility index (Phi) is 5.67. The summed E-state index contributed by atoms with van der Waals surface area (Å²) in [5, 5.41) is 46.1. The first-order valence-corrected chi connectivity index (χ1v) is 9.71. The maximum Gasteiger partial charge on any atom is 0.277 e. The van der Waals surface area contributed by atoms with Crippen LogP contribution in [0.1, 0.15) is 0 Å². The van der Waals surface area contributed by atoms with E-state index in [-0.39, 0.29) is 17.3 Å². The highest BCUT2D eigenvalue weighted by Crippen LogP contribution is 2.28. The van der Waals surface area contributed by atoms with E-state index in [0.717, 1.165) is 18.2 Å². The number of nitro benzene ring substituents is 2. The molecule has 0 aliphatic carbocycles. The van der Waals surface area contributed by atoms with E-state index in [4.69, 9.17) is 4.74 Å². The van der Waals surface area contributed by atoms with Gasteiger partial charge in [0, 0.05) is 17.7 Å². The third-order valence-corrected chi connectivity index (χ3v) is 4.97. The van der Waals surface area contributed by atoms with Gasteiger partial charge >= 0.3 is 0 Å². The SMILES string of the molecule is COc1ccccc1-n1nnnc1SCn1nnc(-c2cc([N+](=O)[O-])cc([N+](=O)[O-])c2)n1. The number of ether oxygens (including phenoxy) is 1. The number of rotatable bonds is 8. The molecule has 0 fully saturated rings. The van der Waals surface area contributed by atoms with Gasteiger partial charge in [-0.15, -0.1) is 15.3 Å². The minimum absolute atomic E-state index is 0.00159. The molecule has 4 aromatic rings. The first kappa shape index (κ1) is 20.8. The number of nitro groups is 2. The van der Waals surface area contributed by atoms with E-state index in [0.29, 0.717) is 16.6 Å². The van der Waals surface area contributed by atoms with E-state index in [1.807, 2.05) is 12.1 Å². The smallest absolute Gasteiger partial charge is 0.277 e. The normalized spacial score (nSPS) is 10.8. The lowest BCUT2D eigenvalue weighted by Crippen LogP contribution is -2.04. The predicted octanol–water partition coefficient (Wildman–Crippen LogP) is 1.89. The molecule has 2 aromatic carbocycles. The first-order chi connectivity index (χ1) is 15.5. The number of non-ortho nitro benzene ring substituents is 2. The largest absolute Gasteiger partial charge is 0.494 e. The molecular weight excluding hydrogens is 444 g/mol. The van der Waals surface area contributed by atoms with Crippen molar-refractivity contribution in [2.24, 2.45) is 0 Å². The van der Waals surface area contributed by atoms with Gasteiger partial charge in [0.05, 0.1) is 23.0 Å². The number of nitrogens with zero attached hydrogens (tertiary/aromatic N) is 10. The average molecular weight is 456 g/mol. The van der Waals surface area contributed by atoms with Crippen LogP contribution in [0.3, 0.4) is 0 Å². The van der Waals surface area contributed by atoms with E-state index in [9.17, 15) is 20.2 Å². The van der Waals surface area contributed by atoms with Crippen LogP contribution in [-0.2, 0) is 5.88 Å². The fraction of sp³-hybridized carbons (Fsp3) is 0.125. The van der Waals surface area contributed by atoms with Gasteiger partial charge in [-0.3, -0.25) is 20.2 Å². The molecule has 162 valence electrons. The number of benzene rings is 2. The van der Waals surface area contributed by atoms with Crippen LogP contribution in [-0.4, -0.2) is 57.4 Å². The topological polar surface area (TPSA) is 183 Å². The van der Waals surface area contributed by atoms with Gasteiger partial charge in [-0.05, 0) is 27.8 Å². The van der Waals surface area contributed by atoms with Gasteiger partial charge in [0.25, 0.3) is 11.4 Å². The Morgan fingerprint density at radius 3 is 2.44 bits per heavy atom. The molecule has 0 aliphatic rings. The molecule has 32 heavy (non-hydrogen) atoms. The summed E-state index contributed by atoms with van der Waals surface area (Å²) < 4.78 is 6.82. The summed E-state index contributed by atoms with van der Waals surface area (Å²) in [6.45, 7) is 0. The summed E-state index contributed by atoms with van der Waals surface area (Å²) in [7, 11) is 1.54. The van der Waals surface area contributed by atoms with Crippen LogP contribution in [0.25, 0.3) is 17.1 Å². The summed E-state index contributed by atoms with van der Waals surface area (Å²) in [5.74, 6) is 0.733. The first-order valence-electron chi connectivity index (χ1n) is 8.73. The van der Waals surface area contributed by atoms with Crippen molar-refractivity contribution in [2.45, 2.75) is 11.0 Å². The second kappa shape index (κ2) is 8.72. The van der Waals surface area contributed by atoms with Crippen molar-refractivity contribution < 1.29 is 14.6 Å². The maximum absolute atomic E-state index is 11.1. The van der Waals surface area contributed by atoms with Crippen LogP contribution in [0.15, 0.2) is 47.6 Å². The number of hydrogen-bond donors (Lipinski definition) is 0. The number of thioether (sulfide) groups is 1. The second-order valence-electron chi connectivity index (χ2n) is 6.06. The highest BCUT2D eigenvalue weighted by atomic mass is 32.2. The fourth-order valence-electron chi connectivity index (χ4n) is 2.69. The van der Waals surface area contributed by atoms with Gasteiger partial charge in [-0.1, -0.05) is 23.9 Å². The Morgan fingerprint density at radius 2 is 1.75 bits per heavy atom.